The lowest BCUT2D eigenvalue weighted by Crippen LogP contribution is -2.44. The summed E-state index contributed by atoms with van der Waals surface area (Å²) in [5.74, 6) is -2.61. The minimum absolute atomic E-state index is 0.106. The van der Waals surface area contributed by atoms with Crippen molar-refractivity contribution in [2.45, 2.75) is 31.4 Å². The SMILES string of the molecule is CCOP(=O)(OCC)C(CNC(=O)c1cc([N+](=O)[O-])cc([N+](=O)[O-])c1)NS(=O)(=O)c1ccc(C)cc1. The highest BCUT2D eigenvalue weighted by molar-refractivity contribution is 7.89. The molecular formula is C20H25N4O10PS. The maximum Gasteiger partial charge on any atom is 0.350 e. The minimum atomic E-state index is -4.26. The number of nitro groups is 2. The fourth-order valence-corrected chi connectivity index (χ4v) is 6.46. The predicted molar refractivity (Wildman–Crippen MR) is 128 cm³/mol. The second-order valence-corrected chi connectivity index (χ2v) is 11.2. The highest BCUT2D eigenvalue weighted by Crippen LogP contribution is 2.52. The van der Waals surface area contributed by atoms with Gasteiger partial charge in [-0.05, 0) is 32.9 Å². The Labute approximate surface area is 206 Å². The van der Waals surface area contributed by atoms with Crippen molar-refractivity contribution in [1.29, 1.82) is 0 Å². The van der Waals surface area contributed by atoms with Gasteiger partial charge in [0.2, 0.25) is 10.0 Å². The molecule has 0 aliphatic rings. The fourth-order valence-electron chi connectivity index (χ4n) is 2.99. The number of nitro benzene ring substituents is 2. The first-order valence-corrected chi connectivity index (χ1v) is 13.6. The highest BCUT2D eigenvalue weighted by atomic mass is 32.2. The third-order valence-corrected chi connectivity index (χ3v) is 8.64. The number of nitrogens with one attached hydrogen (secondary N) is 2. The number of non-ortho nitro benzene ring substituents is 2. The predicted octanol–water partition coefficient (Wildman–Crippen LogP) is 3.11. The monoisotopic (exact) mass is 544 g/mol. The second-order valence-electron chi connectivity index (χ2n) is 7.29. The zero-order chi connectivity index (χ0) is 27.1. The Kier molecular flexibility index (Phi) is 9.78. The van der Waals surface area contributed by atoms with Gasteiger partial charge in [0.25, 0.3) is 17.3 Å². The molecule has 16 heteroatoms. The van der Waals surface area contributed by atoms with E-state index in [1.165, 1.54) is 26.0 Å². The Bertz CT molecular complexity index is 1240. The van der Waals surface area contributed by atoms with Crippen molar-refractivity contribution in [3.63, 3.8) is 0 Å². The van der Waals surface area contributed by atoms with E-state index in [2.05, 4.69) is 10.0 Å². The van der Waals surface area contributed by atoms with Gasteiger partial charge in [0.15, 0.2) is 0 Å². The van der Waals surface area contributed by atoms with Gasteiger partial charge in [-0.25, -0.2) is 8.42 Å². The molecule has 0 aromatic heterocycles. The molecule has 1 unspecified atom stereocenters. The number of carbonyl (C=O) groups is 1. The van der Waals surface area contributed by atoms with Crippen LogP contribution in [0.1, 0.15) is 29.8 Å². The van der Waals surface area contributed by atoms with Crippen molar-refractivity contribution in [3.8, 4) is 0 Å². The summed E-state index contributed by atoms with van der Waals surface area (Å²) in [6, 6.07) is 8.12. The number of amides is 1. The van der Waals surface area contributed by atoms with E-state index >= 15 is 0 Å². The van der Waals surface area contributed by atoms with Crippen LogP contribution in [0.15, 0.2) is 47.4 Å². The largest absolute Gasteiger partial charge is 0.350 e. The van der Waals surface area contributed by atoms with E-state index in [4.69, 9.17) is 9.05 Å². The minimum Gasteiger partial charge on any atom is -0.350 e. The summed E-state index contributed by atoms with van der Waals surface area (Å²) in [7, 11) is -8.43. The Morgan fingerprint density at radius 3 is 1.94 bits per heavy atom. The van der Waals surface area contributed by atoms with Gasteiger partial charge >= 0.3 is 7.60 Å². The standard InChI is InChI=1S/C20H25N4O10PS/c1-4-33-35(30,34-5-2)19(22-36(31,32)18-8-6-14(3)7-9-18)13-21-20(25)15-10-16(23(26)27)12-17(11-15)24(28)29/h6-12,19,22H,4-5,13H2,1-3H3,(H,21,25). The van der Waals surface area contributed by atoms with E-state index in [9.17, 15) is 38.0 Å². The second kappa shape index (κ2) is 12.1. The van der Waals surface area contributed by atoms with Gasteiger partial charge < -0.3 is 14.4 Å². The zero-order valence-corrected chi connectivity index (χ0v) is 21.3. The van der Waals surface area contributed by atoms with Crippen LogP contribution in [-0.2, 0) is 23.6 Å². The number of carbonyl (C=O) groups excluding carboxylic acids is 1. The molecule has 14 nitrogen and oxygen atoms in total. The molecule has 2 N–H and O–H groups in total. The third-order valence-electron chi connectivity index (χ3n) is 4.66. The van der Waals surface area contributed by atoms with Crippen LogP contribution in [0.2, 0.25) is 0 Å². The van der Waals surface area contributed by atoms with E-state index in [1.807, 2.05) is 0 Å². The number of sulfonamides is 1. The molecular weight excluding hydrogens is 519 g/mol. The normalized spacial score (nSPS) is 12.6. The number of aryl methyl sites for hydroxylation is 1. The summed E-state index contributed by atoms with van der Waals surface area (Å²) < 4.78 is 52.1. The molecule has 0 fully saturated rings. The fraction of sp³-hybridized carbons (Fsp3) is 0.350. The van der Waals surface area contributed by atoms with E-state index in [-0.39, 0.29) is 18.1 Å². The molecule has 0 saturated carbocycles. The molecule has 0 saturated heterocycles. The van der Waals surface area contributed by atoms with Crippen LogP contribution < -0.4 is 10.0 Å². The maximum atomic E-state index is 13.4. The molecule has 2 aromatic rings. The van der Waals surface area contributed by atoms with E-state index < -0.39 is 62.6 Å². The van der Waals surface area contributed by atoms with Gasteiger partial charge in [0.05, 0.1) is 39.6 Å². The van der Waals surface area contributed by atoms with Crippen LogP contribution in [0.3, 0.4) is 0 Å². The quantitative estimate of drug-likeness (QED) is 0.215. The smallest absolute Gasteiger partial charge is 0.350 e. The Hall–Kier alpha value is -3.23. The summed E-state index contributed by atoms with van der Waals surface area (Å²) in [5.41, 5.74) is -1.02. The van der Waals surface area contributed by atoms with Crippen LogP contribution in [0.4, 0.5) is 11.4 Å². The third kappa shape index (κ3) is 7.38. The van der Waals surface area contributed by atoms with Crippen LogP contribution >= 0.6 is 7.60 Å². The molecule has 0 radical (unpaired) electrons. The molecule has 0 heterocycles. The highest BCUT2D eigenvalue weighted by Gasteiger charge is 2.39. The number of rotatable bonds is 13. The van der Waals surface area contributed by atoms with Crippen molar-refractivity contribution in [1.82, 2.24) is 10.0 Å². The molecule has 0 aliphatic heterocycles. The summed E-state index contributed by atoms with van der Waals surface area (Å²) >= 11 is 0. The van der Waals surface area contributed by atoms with Crippen LogP contribution in [0, 0.1) is 27.2 Å². The van der Waals surface area contributed by atoms with E-state index in [0.717, 1.165) is 17.7 Å². The van der Waals surface area contributed by atoms with Crippen LogP contribution in [0.25, 0.3) is 0 Å². The molecule has 0 bridgehead atoms. The van der Waals surface area contributed by atoms with Crippen molar-refractivity contribution < 1.29 is 36.7 Å². The molecule has 36 heavy (non-hydrogen) atoms. The molecule has 0 spiro atoms. The lowest BCUT2D eigenvalue weighted by atomic mass is 10.1. The number of hydrogen-bond donors (Lipinski definition) is 2. The number of benzene rings is 2. The Balaban J connectivity index is 2.39. The number of nitrogens with zero attached hydrogens (tertiary/aromatic N) is 2. The summed E-state index contributed by atoms with van der Waals surface area (Å²) in [6.07, 6.45) is 0. The molecule has 1 atom stereocenters. The first-order valence-electron chi connectivity index (χ1n) is 10.5. The van der Waals surface area contributed by atoms with Crippen molar-refractivity contribution in [3.05, 3.63) is 73.8 Å². The lowest BCUT2D eigenvalue weighted by Gasteiger charge is -2.27. The Morgan fingerprint density at radius 2 is 1.50 bits per heavy atom. The van der Waals surface area contributed by atoms with Gasteiger partial charge in [-0.15, -0.1) is 0 Å². The van der Waals surface area contributed by atoms with Crippen molar-refractivity contribution in [2.24, 2.45) is 0 Å². The van der Waals surface area contributed by atoms with Gasteiger partial charge in [0.1, 0.15) is 5.78 Å². The van der Waals surface area contributed by atoms with Gasteiger partial charge in [0, 0.05) is 18.7 Å². The summed E-state index contributed by atoms with van der Waals surface area (Å²) in [6.45, 7) is 3.95. The van der Waals surface area contributed by atoms with Crippen LogP contribution in [0.5, 0.6) is 0 Å². The van der Waals surface area contributed by atoms with Crippen molar-refractivity contribution in [2.75, 3.05) is 19.8 Å². The zero-order valence-electron chi connectivity index (χ0n) is 19.6. The lowest BCUT2D eigenvalue weighted by molar-refractivity contribution is -0.394. The summed E-state index contributed by atoms with van der Waals surface area (Å²) in [5, 5.41) is 24.5. The first kappa shape index (κ1) is 29.0. The average Bonchev–Trinajstić information content (AvgIpc) is 2.81. The molecule has 196 valence electrons. The molecule has 1 amide bonds. The van der Waals surface area contributed by atoms with Gasteiger partial charge in [-0.1, -0.05) is 17.7 Å². The molecule has 0 aliphatic carbocycles. The van der Waals surface area contributed by atoms with Gasteiger partial charge in [-0.2, -0.15) is 4.72 Å². The van der Waals surface area contributed by atoms with Crippen molar-refractivity contribution >= 4 is 34.9 Å². The Morgan fingerprint density at radius 1 is 1.00 bits per heavy atom. The van der Waals surface area contributed by atoms with Gasteiger partial charge in [-0.3, -0.25) is 29.6 Å². The topological polar surface area (TPSA) is 197 Å². The van der Waals surface area contributed by atoms with E-state index in [1.54, 1.807) is 19.1 Å². The maximum absolute atomic E-state index is 13.4. The summed E-state index contributed by atoms with van der Waals surface area (Å²) in [4.78, 5) is 33.0. The molecule has 2 aromatic carbocycles. The number of hydrogen-bond acceptors (Lipinski definition) is 10. The van der Waals surface area contributed by atoms with E-state index in [0.29, 0.717) is 6.07 Å². The molecule has 2 rings (SSSR count). The van der Waals surface area contributed by atoms with Crippen LogP contribution in [-0.4, -0.2) is 49.7 Å². The first-order chi connectivity index (χ1) is 16.8. The average molecular weight is 544 g/mol.